The first-order valence-corrected chi connectivity index (χ1v) is 6.28. The molecule has 0 unspecified atom stereocenters. The van der Waals surface area contributed by atoms with Crippen LogP contribution in [0.2, 0.25) is 0 Å². The van der Waals surface area contributed by atoms with Gasteiger partial charge in [-0.2, -0.15) is 0 Å². The van der Waals surface area contributed by atoms with Gasteiger partial charge in [-0.15, -0.1) is 0 Å². The summed E-state index contributed by atoms with van der Waals surface area (Å²) in [6.07, 6.45) is 3.28. The average Bonchev–Trinajstić information content (AvgIpc) is 3.19. The van der Waals surface area contributed by atoms with Gasteiger partial charge in [-0.05, 0) is 30.3 Å². The van der Waals surface area contributed by atoms with E-state index in [1.807, 2.05) is 48.5 Å². The summed E-state index contributed by atoms with van der Waals surface area (Å²) in [6.45, 7) is 0. The van der Waals surface area contributed by atoms with Crippen molar-refractivity contribution < 1.29 is 13.7 Å². The van der Waals surface area contributed by atoms with Crippen molar-refractivity contribution in [2.45, 2.75) is 0 Å². The van der Waals surface area contributed by atoms with Crippen molar-refractivity contribution in [2.75, 3.05) is 0 Å². The van der Waals surface area contributed by atoms with E-state index in [1.165, 1.54) is 0 Å². The summed E-state index contributed by atoms with van der Waals surface area (Å²) in [4.78, 5) is 5.58. The zero-order valence-corrected chi connectivity index (χ0v) is 10.5. The Morgan fingerprint density at radius 2 is 1.50 bits per heavy atom. The first kappa shape index (κ1) is 11.0. The Kier molecular flexibility index (Phi) is 2.39. The van der Waals surface area contributed by atoms with Gasteiger partial charge in [0.1, 0.15) is 11.5 Å². The Labute approximate surface area is 115 Å². The molecule has 98 valence electrons. The van der Waals surface area contributed by atoms with Crippen LogP contribution in [0.4, 0.5) is 0 Å². The molecule has 0 aliphatic carbocycles. The van der Waals surface area contributed by atoms with E-state index >= 15 is 0 Å². The molecule has 0 radical (unpaired) electrons. The second kappa shape index (κ2) is 4.35. The molecule has 1 N–H and O–H groups in total. The molecule has 0 spiro atoms. The summed E-state index contributed by atoms with van der Waals surface area (Å²) in [7, 11) is 0. The van der Waals surface area contributed by atoms with Crippen molar-refractivity contribution in [1.82, 2.24) is 5.48 Å². The number of hydroxylamine groups is 1. The largest absolute Gasteiger partial charge is 0.464 e. The Morgan fingerprint density at radius 1 is 0.750 bits per heavy atom. The zero-order valence-electron chi connectivity index (χ0n) is 10.5. The quantitative estimate of drug-likeness (QED) is 0.767. The van der Waals surface area contributed by atoms with Gasteiger partial charge in [0.2, 0.25) is 0 Å². The first-order chi connectivity index (χ1) is 9.93. The van der Waals surface area contributed by atoms with Crippen molar-refractivity contribution in [3.63, 3.8) is 0 Å². The fraction of sp³-hybridized carbons (Fsp3) is 0. The molecule has 0 atom stereocenters. The highest BCUT2D eigenvalue weighted by Crippen LogP contribution is 2.38. The summed E-state index contributed by atoms with van der Waals surface area (Å²) in [5, 5.41) is 0. The topological polar surface area (TPSA) is 47.5 Å². The van der Waals surface area contributed by atoms with Crippen LogP contribution in [-0.2, 0) is 0 Å². The highest BCUT2D eigenvalue weighted by molar-refractivity contribution is 5.97. The predicted octanol–water partition coefficient (Wildman–Crippen LogP) is 3.69. The van der Waals surface area contributed by atoms with Crippen LogP contribution in [0.25, 0.3) is 11.3 Å². The van der Waals surface area contributed by atoms with E-state index in [9.17, 15) is 0 Å². The van der Waals surface area contributed by atoms with Gasteiger partial charge in [-0.25, -0.2) is 5.48 Å². The summed E-state index contributed by atoms with van der Waals surface area (Å²) in [6, 6.07) is 15.3. The van der Waals surface area contributed by atoms with Gasteiger partial charge >= 0.3 is 0 Å². The van der Waals surface area contributed by atoms with Gasteiger partial charge in [0, 0.05) is 5.56 Å². The van der Waals surface area contributed by atoms with Crippen molar-refractivity contribution >= 4 is 11.3 Å². The van der Waals surface area contributed by atoms with Gasteiger partial charge in [0.25, 0.3) is 0 Å². The molecule has 1 aliphatic heterocycles. The summed E-state index contributed by atoms with van der Waals surface area (Å²) in [5.41, 5.74) is 5.58. The molecule has 0 amide bonds. The lowest BCUT2D eigenvalue weighted by Crippen LogP contribution is -2.23. The number of hydrogen-bond acceptors (Lipinski definition) is 4. The minimum Gasteiger partial charge on any atom is -0.464 e. The maximum Gasteiger partial charge on any atom is 0.163 e. The monoisotopic (exact) mass is 265 g/mol. The van der Waals surface area contributed by atoms with E-state index in [1.54, 1.807) is 12.5 Å². The normalized spacial score (nSPS) is 13.6. The number of rotatable bonds is 2. The van der Waals surface area contributed by atoms with Gasteiger partial charge in [-0.3, -0.25) is 0 Å². The Morgan fingerprint density at radius 3 is 2.25 bits per heavy atom. The standard InChI is InChI=1S/C16H11NO3/c1-2-6-12-11(5-1)15(13-7-3-9-18-13)16(17-20-12)14-8-4-10-19-14/h1-10,17H. The summed E-state index contributed by atoms with van der Waals surface area (Å²) < 4.78 is 11.0. The van der Waals surface area contributed by atoms with E-state index in [-0.39, 0.29) is 0 Å². The number of hydrogen-bond donors (Lipinski definition) is 1. The molecular weight excluding hydrogens is 254 g/mol. The lowest BCUT2D eigenvalue weighted by Gasteiger charge is -2.22. The van der Waals surface area contributed by atoms with Gasteiger partial charge in [0.05, 0.1) is 18.1 Å². The van der Waals surface area contributed by atoms with Crippen LogP contribution in [-0.4, -0.2) is 0 Å². The van der Waals surface area contributed by atoms with Crippen LogP contribution in [0, 0.1) is 0 Å². The molecule has 1 aromatic carbocycles. The lowest BCUT2D eigenvalue weighted by atomic mass is 9.98. The molecule has 2 aromatic heterocycles. The fourth-order valence-corrected chi connectivity index (χ4v) is 2.32. The van der Waals surface area contributed by atoms with Crippen molar-refractivity contribution in [1.29, 1.82) is 0 Å². The average molecular weight is 265 g/mol. The van der Waals surface area contributed by atoms with Gasteiger partial charge in [-0.1, -0.05) is 18.2 Å². The van der Waals surface area contributed by atoms with Gasteiger partial charge in [0.15, 0.2) is 11.5 Å². The number of fused-ring (bicyclic) bond motifs is 1. The molecule has 0 bridgehead atoms. The van der Waals surface area contributed by atoms with Crippen LogP contribution in [0.5, 0.6) is 5.75 Å². The van der Waals surface area contributed by atoms with E-state index in [0.29, 0.717) is 5.76 Å². The smallest absolute Gasteiger partial charge is 0.163 e. The number of benzene rings is 1. The second-order valence-electron chi connectivity index (χ2n) is 4.40. The van der Waals surface area contributed by atoms with Crippen LogP contribution in [0.15, 0.2) is 69.9 Å². The molecule has 1 aliphatic rings. The SMILES string of the molecule is c1coc(C2=C(c3ccco3)c3ccccc3ON2)c1. The minimum atomic E-state index is 0.700. The fourth-order valence-electron chi connectivity index (χ4n) is 2.32. The van der Waals surface area contributed by atoms with E-state index in [4.69, 9.17) is 13.7 Å². The lowest BCUT2D eigenvalue weighted by molar-refractivity contribution is 0.245. The predicted molar refractivity (Wildman–Crippen MR) is 73.5 cm³/mol. The molecule has 3 heterocycles. The summed E-state index contributed by atoms with van der Waals surface area (Å²) in [5.74, 6) is 2.22. The second-order valence-corrected chi connectivity index (χ2v) is 4.40. The van der Waals surface area contributed by atoms with Crippen molar-refractivity contribution in [3.8, 4) is 5.75 Å². The molecule has 4 rings (SSSR count). The Hall–Kier alpha value is -2.88. The molecule has 0 saturated heterocycles. The molecule has 3 aromatic rings. The van der Waals surface area contributed by atoms with Crippen LogP contribution < -0.4 is 10.3 Å². The maximum absolute atomic E-state index is 5.58. The molecule has 0 fully saturated rings. The third kappa shape index (κ3) is 1.62. The van der Waals surface area contributed by atoms with Gasteiger partial charge < -0.3 is 13.7 Å². The van der Waals surface area contributed by atoms with Crippen LogP contribution in [0.3, 0.4) is 0 Å². The summed E-state index contributed by atoms with van der Waals surface area (Å²) >= 11 is 0. The van der Waals surface area contributed by atoms with E-state index in [0.717, 1.165) is 28.3 Å². The molecule has 20 heavy (non-hydrogen) atoms. The molecule has 0 saturated carbocycles. The van der Waals surface area contributed by atoms with Crippen molar-refractivity contribution in [2.24, 2.45) is 0 Å². The number of nitrogens with one attached hydrogen (secondary N) is 1. The zero-order chi connectivity index (χ0) is 13.4. The maximum atomic E-state index is 5.58. The third-order valence-electron chi connectivity index (χ3n) is 3.20. The van der Waals surface area contributed by atoms with Crippen LogP contribution in [0.1, 0.15) is 17.1 Å². The van der Waals surface area contributed by atoms with Crippen LogP contribution >= 0.6 is 0 Å². The van der Waals surface area contributed by atoms with Crippen molar-refractivity contribution in [3.05, 3.63) is 78.1 Å². The van der Waals surface area contributed by atoms with E-state index in [2.05, 4.69) is 5.48 Å². The third-order valence-corrected chi connectivity index (χ3v) is 3.20. The molecular formula is C16H11NO3. The number of furan rings is 2. The Bertz CT molecular complexity index is 755. The van der Waals surface area contributed by atoms with E-state index < -0.39 is 0 Å². The number of para-hydroxylation sites is 1. The molecule has 4 nitrogen and oxygen atoms in total. The highest BCUT2D eigenvalue weighted by atomic mass is 16.6. The minimum absolute atomic E-state index is 0.700. The highest BCUT2D eigenvalue weighted by Gasteiger charge is 2.25. The molecule has 4 heteroatoms. The first-order valence-electron chi connectivity index (χ1n) is 6.28. The Balaban J connectivity index is 2.00.